The number of aromatic nitrogens is 4. The highest BCUT2D eigenvalue weighted by atomic mass is 32.1. The smallest absolute Gasteiger partial charge is 0.416 e. The number of hydrogen-bond donors (Lipinski definition) is 0. The third-order valence-corrected chi connectivity index (χ3v) is 8.68. The molecule has 0 radical (unpaired) electrons. The molecule has 13 heteroatoms. The van der Waals surface area contributed by atoms with Crippen molar-refractivity contribution >= 4 is 23.0 Å². The van der Waals surface area contributed by atoms with Crippen molar-refractivity contribution in [3.8, 4) is 27.4 Å². The monoisotopic (exact) mass is 625 g/mol. The molecule has 0 bridgehead atoms. The minimum Gasteiger partial charge on any atom is -0.484 e. The zero-order valence-corrected chi connectivity index (χ0v) is 24.9. The van der Waals surface area contributed by atoms with Crippen LogP contribution in [0.1, 0.15) is 33.8 Å². The molecule has 1 saturated heterocycles. The topological polar surface area (TPSA) is 83.1 Å². The molecule has 0 spiro atoms. The van der Waals surface area contributed by atoms with Crippen LogP contribution in [0.2, 0.25) is 0 Å². The lowest BCUT2D eigenvalue weighted by atomic mass is 10.0. The second kappa shape index (κ2) is 12.4. The maximum atomic E-state index is 13.6. The van der Waals surface area contributed by atoms with Crippen molar-refractivity contribution in [1.29, 1.82) is 0 Å². The Kier molecular flexibility index (Phi) is 8.43. The largest absolute Gasteiger partial charge is 0.484 e. The highest BCUT2D eigenvalue weighted by Gasteiger charge is 2.35. The molecule has 0 saturated carbocycles. The fourth-order valence-electron chi connectivity index (χ4n) is 5.23. The molecule has 0 aliphatic carbocycles. The van der Waals surface area contributed by atoms with E-state index in [1.807, 2.05) is 39.8 Å². The first kappa shape index (κ1) is 29.9. The maximum absolute atomic E-state index is 13.6. The van der Waals surface area contributed by atoms with Crippen LogP contribution >= 0.6 is 11.3 Å². The van der Waals surface area contributed by atoms with Crippen molar-refractivity contribution in [1.82, 2.24) is 24.1 Å². The standard InChI is InChI=1S/C31H30F3N5O4S/c1-20(23-5-3-4-6-24(23)31(32,33)34)43-26-16-27(44-29(26)30(40)41-2)25-18-35-28-15-21(7-8-39(25)28)22-17-36-38(19-22)10-9-37-11-13-42-14-12-37/h3-8,15-20H,9-14H2,1-2H3. The quantitative estimate of drug-likeness (QED) is 0.180. The third-order valence-electron chi connectivity index (χ3n) is 7.56. The van der Waals surface area contributed by atoms with Gasteiger partial charge in [-0.2, -0.15) is 18.3 Å². The average Bonchev–Trinajstić information content (AvgIpc) is 3.78. The van der Waals surface area contributed by atoms with Gasteiger partial charge in [0.15, 0.2) is 4.88 Å². The summed E-state index contributed by atoms with van der Waals surface area (Å²) in [6, 6.07) is 10.8. The Morgan fingerprint density at radius 3 is 2.66 bits per heavy atom. The molecule has 1 atom stereocenters. The number of imidazole rings is 1. The normalized spacial score (nSPS) is 15.0. The Balaban J connectivity index is 1.24. The molecule has 1 unspecified atom stereocenters. The van der Waals surface area contributed by atoms with Gasteiger partial charge < -0.3 is 14.2 Å². The predicted molar refractivity (Wildman–Crippen MR) is 159 cm³/mol. The highest BCUT2D eigenvalue weighted by molar-refractivity contribution is 7.17. The Morgan fingerprint density at radius 2 is 1.89 bits per heavy atom. The zero-order chi connectivity index (χ0) is 30.8. The number of methoxy groups -OCH3 is 1. The van der Waals surface area contributed by atoms with Gasteiger partial charge in [0.2, 0.25) is 0 Å². The van der Waals surface area contributed by atoms with Gasteiger partial charge in [0, 0.05) is 49.2 Å². The molecule has 4 aromatic heterocycles. The average molecular weight is 626 g/mol. The summed E-state index contributed by atoms with van der Waals surface area (Å²) >= 11 is 1.12. The highest BCUT2D eigenvalue weighted by Crippen LogP contribution is 2.41. The summed E-state index contributed by atoms with van der Waals surface area (Å²) in [7, 11) is 1.24. The van der Waals surface area contributed by atoms with Crippen LogP contribution in [0.5, 0.6) is 5.75 Å². The van der Waals surface area contributed by atoms with E-state index in [1.54, 1.807) is 12.3 Å². The molecule has 1 aliphatic heterocycles. The maximum Gasteiger partial charge on any atom is 0.416 e. The summed E-state index contributed by atoms with van der Waals surface area (Å²) < 4.78 is 61.1. The van der Waals surface area contributed by atoms with E-state index in [2.05, 4.69) is 15.0 Å². The van der Waals surface area contributed by atoms with Gasteiger partial charge in [-0.25, -0.2) is 9.78 Å². The van der Waals surface area contributed by atoms with E-state index < -0.39 is 23.8 Å². The molecule has 5 heterocycles. The Hall–Kier alpha value is -4.20. The molecule has 0 amide bonds. The SMILES string of the molecule is COC(=O)c1sc(-c2cnc3cc(-c4cnn(CCN5CCOCC5)c4)ccn23)cc1OC(C)c1ccccc1C(F)(F)F. The van der Waals surface area contributed by atoms with Crippen LogP contribution in [0.4, 0.5) is 13.2 Å². The molecule has 1 aliphatic rings. The van der Waals surface area contributed by atoms with E-state index in [0.717, 1.165) is 67.9 Å². The fraction of sp³-hybridized carbons (Fsp3) is 0.323. The third kappa shape index (κ3) is 6.21. The molecule has 9 nitrogen and oxygen atoms in total. The number of fused-ring (bicyclic) bond motifs is 1. The Bertz CT molecular complexity index is 1770. The number of morpholine rings is 1. The minimum atomic E-state index is -4.55. The van der Waals surface area contributed by atoms with E-state index in [-0.39, 0.29) is 16.2 Å². The van der Waals surface area contributed by atoms with Crippen LogP contribution in [-0.2, 0) is 22.2 Å². The van der Waals surface area contributed by atoms with Gasteiger partial charge in [-0.1, -0.05) is 18.2 Å². The van der Waals surface area contributed by atoms with Crippen LogP contribution in [-0.4, -0.2) is 70.0 Å². The van der Waals surface area contributed by atoms with Crippen molar-refractivity contribution in [3.63, 3.8) is 0 Å². The summed E-state index contributed by atoms with van der Waals surface area (Å²) in [5.74, 6) is -0.508. The number of carbonyl (C=O) groups is 1. The Labute approximate surface area is 255 Å². The van der Waals surface area contributed by atoms with E-state index in [4.69, 9.17) is 14.2 Å². The minimum absolute atomic E-state index is 0.0321. The number of thiophene rings is 1. The van der Waals surface area contributed by atoms with Crippen molar-refractivity contribution in [3.05, 3.63) is 83.3 Å². The van der Waals surface area contributed by atoms with Crippen LogP contribution in [0.25, 0.3) is 27.3 Å². The first-order chi connectivity index (χ1) is 21.2. The van der Waals surface area contributed by atoms with Crippen LogP contribution in [0.3, 0.4) is 0 Å². The molecule has 0 N–H and O–H groups in total. The Morgan fingerprint density at radius 1 is 1.09 bits per heavy atom. The van der Waals surface area contributed by atoms with Crippen LogP contribution < -0.4 is 4.74 Å². The van der Waals surface area contributed by atoms with Gasteiger partial charge in [-0.15, -0.1) is 11.3 Å². The van der Waals surface area contributed by atoms with Gasteiger partial charge in [-0.05, 0) is 30.7 Å². The number of ether oxygens (including phenoxy) is 3. The van der Waals surface area contributed by atoms with Crippen molar-refractivity contribution < 1.29 is 32.2 Å². The molecule has 44 heavy (non-hydrogen) atoms. The number of nitrogens with zero attached hydrogens (tertiary/aromatic N) is 5. The van der Waals surface area contributed by atoms with Crippen molar-refractivity contribution in [2.75, 3.05) is 40.0 Å². The van der Waals surface area contributed by atoms with E-state index in [0.29, 0.717) is 16.2 Å². The molecule has 230 valence electrons. The first-order valence-corrected chi connectivity index (χ1v) is 14.9. The van der Waals surface area contributed by atoms with E-state index in [1.165, 1.54) is 32.2 Å². The lowest BCUT2D eigenvalue weighted by Gasteiger charge is -2.26. The molecule has 5 aromatic rings. The summed E-state index contributed by atoms with van der Waals surface area (Å²) in [5.41, 5.74) is 2.47. The number of benzene rings is 1. The van der Waals surface area contributed by atoms with E-state index >= 15 is 0 Å². The predicted octanol–water partition coefficient (Wildman–Crippen LogP) is 6.20. The number of esters is 1. The zero-order valence-electron chi connectivity index (χ0n) is 24.1. The molecule has 1 aromatic carbocycles. The molecular formula is C31H30F3N5O4S. The number of halogens is 3. The lowest BCUT2D eigenvalue weighted by molar-refractivity contribution is -0.139. The summed E-state index contributed by atoms with van der Waals surface area (Å²) in [5, 5.41) is 4.52. The lowest BCUT2D eigenvalue weighted by Crippen LogP contribution is -2.38. The van der Waals surface area contributed by atoms with Crippen LogP contribution in [0, 0.1) is 0 Å². The second-order valence-corrected chi connectivity index (χ2v) is 11.4. The van der Waals surface area contributed by atoms with Crippen molar-refractivity contribution in [2.45, 2.75) is 25.7 Å². The van der Waals surface area contributed by atoms with Gasteiger partial charge >= 0.3 is 12.1 Å². The van der Waals surface area contributed by atoms with Crippen molar-refractivity contribution in [2.24, 2.45) is 0 Å². The molecule has 6 rings (SSSR count). The molecule has 1 fully saturated rings. The van der Waals surface area contributed by atoms with Gasteiger partial charge in [-0.3, -0.25) is 14.0 Å². The molecular weight excluding hydrogens is 595 g/mol. The number of carbonyl (C=O) groups excluding carboxylic acids is 1. The first-order valence-electron chi connectivity index (χ1n) is 14.1. The number of rotatable bonds is 9. The summed E-state index contributed by atoms with van der Waals surface area (Å²) in [4.78, 5) is 20.4. The number of pyridine rings is 1. The van der Waals surface area contributed by atoms with E-state index in [9.17, 15) is 18.0 Å². The van der Waals surface area contributed by atoms with Gasteiger partial charge in [0.05, 0.1) is 55.4 Å². The number of alkyl halides is 3. The summed E-state index contributed by atoms with van der Waals surface area (Å²) in [6.07, 6.45) is 1.88. The second-order valence-electron chi connectivity index (χ2n) is 10.4. The van der Waals surface area contributed by atoms with Crippen LogP contribution in [0.15, 0.2) is 67.3 Å². The summed E-state index contributed by atoms with van der Waals surface area (Å²) in [6.45, 7) is 6.58. The fourth-order valence-corrected chi connectivity index (χ4v) is 6.25. The van der Waals surface area contributed by atoms with Gasteiger partial charge in [0.25, 0.3) is 0 Å². The van der Waals surface area contributed by atoms with Gasteiger partial charge in [0.1, 0.15) is 17.5 Å². The number of hydrogen-bond acceptors (Lipinski definition) is 8.